The number of ether oxygens (including phenoxy) is 1. The number of hydrogen-bond donors (Lipinski definition) is 1. The Morgan fingerprint density at radius 3 is 2.39 bits per heavy atom. The number of nitriles is 1. The normalized spacial score (nSPS) is 15.3. The molecule has 0 aromatic heterocycles. The van der Waals surface area contributed by atoms with Crippen LogP contribution < -0.4 is 5.43 Å². The van der Waals surface area contributed by atoms with Gasteiger partial charge in [-0.2, -0.15) is 14.7 Å². The highest BCUT2D eigenvalue weighted by Crippen LogP contribution is 2.18. The van der Waals surface area contributed by atoms with E-state index in [1.54, 1.807) is 55.5 Å². The molecule has 2 aromatic rings. The van der Waals surface area contributed by atoms with Crippen molar-refractivity contribution in [2.75, 3.05) is 26.3 Å². The molecule has 1 amide bonds. The fraction of sp³-hybridized carbons (Fsp3) is 0.318. The molecule has 0 aliphatic carbocycles. The monoisotopic (exact) mass is 440 g/mol. The SMILES string of the molecule is C/C(=N\NC(=O)CCc1ccc(S(=O)(=O)N2CCOCC2)cc1)c1ccc(C#N)cc1. The first-order valence-corrected chi connectivity index (χ1v) is 11.3. The maximum absolute atomic E-state index is 12.6. The third kappa shape index (κ3) is 5.98. The molecule has 9 heteroatoms. The lowest BCUT2D eigenvalue weighted by atomic mass is 10.1. The van der Waals surface area contributed by atoms with Crippen LogP contribution in [0.25, 0.3) is 0 Å². The molecule has 0 radical (unpaired) electrons. The number of nitrogens with one attached hydrogen (secondary N) is 1. The lowest BCUT2D eigenvalue weighted by molar-refractivity contribution is -0.121. The average Bonchev–Trinajstić information content (AvgIpc) is 2.82. The number of nitrogens with zero attached hydrogens (tertiary/aromatic N) is 3. The first-order chi connectivity index (χ1) is 14.9. The van der Waals surface area contributed by atoms with Crippen LogP contribution in [-0.4, -0.2) is 50.6 Å². The minimum atomic E-state index is -3.52. The molecule has 1 saturated heterocycles. The summed E-state index contributed by atoms with van der Waals surface area (Å²) in [6.07, 6.45) is 0.689. The highest BCUT2D eigenvalue weighted by Gasteiger charge is 2.26. The highest BCUT2D eigenvalue weighted by atomic mass is 32.2. The van der Waals surface area contributed by atoms with Crippen LogP contribution in [0.2, 0.25) is 0 Å². The van der Waals surface area contributed by atoms with E-state index in [-0.39, 0.29) is 17.2 Å². The van der Waals surface area contributed by atoms with E-state index in [0.717, 1.165) is 11.1 Å². The van der Waals surface area contributed by atoms with Gasteiger partial charge in [0.25, 0.3) is 0 Å². The van der Waals surface area contributed by atoms with Gasteiger partial charge >= 0.3 is 0 Å². The van der Waals surface area contributed by atoms with E-state index in [4.69, 9.17) is 10.00 Å². The summed E-state index contributed by atoms with van der Waals surface area (Å²) in [5.74, 6) is -0.238. The van der Waals surface area contributed by atoms with Crippen molar-refractivity contribution in [2.24, 2.45) is 5.10 Å². The van der Waals surface area contributed by atoms with E-state index >= 15 is 0 Å². The number of morpholine rings is 1. The summed E-state index contributed by atoms with van der Waals surface area (Å²) in [4.78, 5) is 12.4. The Labute approximate surface area is 182 Å². The maximum atomic E-state index is 12.6. The van der Waals surface area contributed by atoms with Gasteiger partial charge in [-0.3, -0.25) is 4.79 Å². The van der Waals surface area contributed by atoms with Crippen LogP contribution in [0.4, 0.5) is 0 Å². The molecule has 0 saturated carbocycles. The molecule has 0 spiro atoms. The summed E-state index contributed by atoms with van der Waals surface area (Å²) < 4.78 is 31.9. The summed E-state index contributed by atoms with van der Waals surface area (Å²) in [5, 5.41) is 12.9. The van der Waals surface area contributed by atoms with Crippen molar-refractivity contribution in [3.05, 3.63) is 65.2 Å². The molecule has 8 nitrogen and oxygen atoms in total. The number of benzene rings is 2. The minimum absolute atomic E-state index is 0.222. The molecule has 1 aliphatic rings. The van der Waals surface area contributed by atoms with E-state index < -0.39 is 10.0 Å². The number of rotatable bonds is 7. The highest BCUT2D eigenvalue weighted by molar-refractivity contribution is 7.89. The van der Waals surface area contributed by atoms with Gasteiger partial charge in [0.05, 0.1) is 35.5 Å². The standard InChI is InChI=1S/C22H24N4O4S/c1-17(20-7-2-19(16-23)3-8-20)24-25-22(27)11-6-18-4-9-21(10-5-18)31(28,29)26-12-14-30-15-13-26/h2-5,7-10H,6,11-15H2,1H3,(H,25,27)/b24-17+. The molecule has 162 valence electrons. The molecule has 1 fully saturated rings. The third-order valence-electron chi connectivity index (χ3n) is 4.95. The van der Waals surface area contributed by atoms with Gasteiger partial charge in [-0.25, -0.2) is 13.8 Å². The summed E-state index contributed by atoms with van der Waals surface area (Å²) >= 11 is 0. The van der Waals surface area contributed by atoms with Crippen LogP contribution in [0.1, 0.15) is 30.0 Å². The van der Waals surface area contributed by atoms with E-state index in [1.807, 2.05) is 0 Å². The van der Waals surface area contributed by atoms with Crippen molar-refractivity contribution in [1.29, 1.82) is 5.26 Å². The van der Waals surface area contributed by atoms with Crippen molar-refractivity contribution in [3.8, 4) is 6.07 Å². The van der Waals surface area contributed by atoms with Gasteiger partial charge in [0.2, 0.25) is 15.9 Å². The summed E-state index contributed by atoms with van der Waals surface area (Å²) in [6, 6.07) is 15.6. The summed E-state index contributed by atoms with van der Waals surface area (Å²) in [7, 11) is -3.52. The molecular weight excluding hydrogens is 416 g/mol. The molecular formula is C22H24N4O4S. The van der Waals surface area contributed by atoms with Gasteiger partial charge in [-0.15, -0.1) is 0 Å². The number of carbonyl (C=O) groups is 1. The van der Waals surface area contributed by atoms with Gasteiger partial charge in [-0.1, -0.05) is 24.3 Å². The van der Waals surface area contributed by atoms with E-state index in [1.165, 1.54) is 4.31 Å². The van der Waals surface area contributed by atoms with E-state index in [9.17, 15) is 13.2 Å². The quantitative estimate of drug-likeness (QED) is 0.523. The Balaban J connectivity index is 1.52. The second kappa shape index (κ2) is 10.3. The number of amides is 1. The van der Waals surface area contributed by atoms with Crippen LogP contribution in [0.5, 0.6) is 0 Å². The van der Waals surface area contributed by atoms with Gasteiger partial charge in [-0.05, 0) is 48.7 Å². The van der Waals surface area contributed by atoms with Crippen LogP contribution >= 0.6 is 0 Å². The lowest BCUT2D eigenvalue weighted by Crippen LogP contribution is -2.40. The first-order valence-electron chi connectivity index (χ1n) is 9.90. The van der Waals surface area contributed by atoms with Crippen molar-refractivity contribution >= 4 is 21.6 Å². The van der Waals surface area contributed by atoms with E-state index in [2.05, 4.69) is 16.6 Å². The minimum Gasteiger partial charge on any atom is -0.379 e. The molecule has 1 heterocycles. The van der Waals surface area contributed by atoms with Crippen molar-refractivity contribution in [2.45, 2.75) is 24.7 Å². The van der Waals surface area contributed by atoms with Crippen molar-refractivity contribution < 1.29 is 17.9 Å². The van der Waals surface area contributed by atoms with Gasteiger partial charge < -0.3 is 4.74 Å². The number of hydrazone groups is 1. The van der Waals surface area contributed by atoms with Crippen LogP contribution in [-0.2, 0) is 26.0 Å². The summed E-state index contributed by atoms with van der Waals surface area (Å²) in [6.45, 7) is 3.29. The molecule has 1 N–H and O–H groups in total. The Bertz CT molecular complexity index is 1080. The molecule has 1 aliphatic heterocycles. The average molecular weight is 441 g/mol. The maximum Gasteiger partial charge on any atom is 0.243 e. The zero-order valence-corrected chi connectivity index (χ0v) is 18.1. The predicted molar refractivity (Wildman–Crippen MR) is 116 cm³/mol. The second-order valence-corrected chi connectivity index (χ2v) is 9.02. The smallest absolute Gasteiger partial charge is 0.243 e. The van der Waals surface area contributed by atoms with Crippen LogP contribution in [0.3, 0.4) is 0 Å². The largest absolute Gasteiger partial charge is 0.379 e. The molecule has 0 atom stereocenters. The molecule has 0 bridgehead atoms. The Morgan fingerprint density at radius 1 is 1.13 bits per heavy atom. The number of hydrogen-bond acceptors (Lipinski definition) is 6. The fourth-order valence-electron chi connectivity index (χ4n) is 3.07. The predicted octanol–water partition coefficient (Wildman–Crippen LogP) is 2.05. The van der Waals surface area contributed by atoms with Crippen molar-refractivity contribution in [1.82, 2.24) is 9.73 Å². The van der Waals surface area contributed by atoms with Crippen LogP contribution in [0, 0.1) is 11.3 Å². The van der Waals surface area contributed by atoms with Crippen molar-refractivity contribution in [3.63, 3.8) is 0 Å². The zero-order valence-electron chi connectivity index (χ0n) is 17.2. The Kier molecular flexibility index (Phi) is 7.52. The number of sulfonamides is 1. The van der Waals surface area contributed by atoms with Gasteiger partial charge in [0.1, 0.15) is 0 Å². The van der Waals surface area contributed by atoms with Crippen LogP contribution in [0.15, 0.2) is 58.5 Å². The summed E-state index contributed by atoms with van der Waals surface area (Å²) in [5.41, 5.74) is 5.40. The Hall–Kier alpha value is -3.06. The van der Waals surface area contributed by atoms with Gasteiger partial charge in [0, 0.05) is 19.5 Å². The zero-order chi connectivity index (χ0) is 22.3. The van der Waals surface area contributed by atoms with E-state index in [0.29, 0.717) is 44.0 Å². The molecule has 31 heavy (non-hydrogen) atoms. The fourth-order valence-corrected chi connectivity index (χ4v) is 4.48. The molecule has 3 rings (SSSR count). The lowest BCUT2D eigenvalue weighted by Gasteiger charge is -2.26. The first kappa shape index (κ1) is 22.6. The number of aryl methyl sites for hydroxylation is 1. The van der Waals surface area contributed by atoms with Gasteiger partial charge in [0.15, 0.2) is 0 Å². The molecule has 2 aromatic carbocycles. The number of carbonyl (C=O) groups excluding carboxylic acids is 1. The molecule has 0 unspecified atom stereocenters. The second-order valence-electron chi connectivity index (χ2n) is 7.08. The topological polar surface area (TPSA) is 112 Å². The Morgan fingerprint density at radius 2 is 1.77 bits per heavy atom. The third-order valence-corrected chi connectivity index (χ3v) is 6.86.